The lowest BCUT2D eigenvalue weighted by molar-refractivity contribution is 0.601. The van der Waals surface area contributed by atoms with E-state index in [-0.39, 0.29) is 11.4 Å². The summed E-state index contributed by atoms with van der Waals surface area (Å²) in [6.07, 6.45) is 3.17. The van der Waals surface area contributed by atoms with Gasteiger partial charge in [-0.1, -0.05) is 23.9 Å². The SMILES string of the molecule is CCn1ccnc(Sc2ccccc2F)c1=O. The van der Waals surface area contributed by atoms with Gasteiger partial charge in [-0.05, 0) is 19.1 Å². The number of rotatable bonds is 3. The average Bonchev–Trinajstić information content (AvgIpc) is 2.34. The van der Waals surface area contributed by atoms with Crippen molar-refractivity contribution in [1.29, 1.82) is 0 Å². The molecule has 17 heavy (non-hydrogen) atoms. The Bertz CT molecular complexity index is 583. The van der Waals surface area contributed by atoms with Crippen molar-refractivity contribution >= 4 is 11.8 Å². The van der Waals surface area contributed by atoms with E-state index in [1.807, 2.05) is 6.92 Å². The Morgan fingerprint density at radius 1 is 1.41 bits per heavy atom. The summed E-state index contributed by atoms with van der Waals surface area (Å²) < 4.78 is 15.0. The van der Waals surface area contributed by atoms with E-state index in [1.54, 1.807) is 30.6 Å². The Balaban J connectivity index is 2.37. The van der Waals surface area contributed by atoms with Crippen LogP contribution in [0.4, 0.5) is 4.39 Å². The van der Waals surface area contributed by atoms with Crippen molar-refractivity contribution in [3.05, 3.63) is 52.8 Å². The van der Waals surface area contributed by atoms with Crippen molar-refractivity contribution in [2.24, 2.45) is 0 Å². The Kier molecular flexibility index (Phi) is 3.58. The van der Waals surface area contributed by atoms with E-state index in [1.165, 1.54) is 10.6 Å². The third kappa shape index (κ3) is 2.55. The number of hydrogen-bond donors (Lipinski definition) is 0. The lowest BCUT2D eigenvalue weighted by Crippen LogP contribution is -2.20. The van der Waals surface area contributed by atoms with Crippen molar-refractivity contribution in [1.82, 2.24) is 9.55 Å². The second kappa shape index (κ2) is 5.14. The molecule has 0 radical (unpaired) electrons. The molecule has 0 atom stereocenters. The van der Waals surface area contributed by atoms with Crippen molar-refractivity contribution in [3.63, 3.8) is 0 Å². The summed E-state index contributed by atoms with van der Waals surface area (Å²) in [7, 11) is 0. The fourth-order valence-corrected chi connectivity index (χ4v) is 2.22. The molecule has 5 heteroatoms. The van der Waals surface area contributed by atoms with Crippen LogP contribution in [-0.2, 0) is 6.54 Å². The molecular formula is C12H11FN2OS. The van der Waals surface area contributed by atoms with Gasteiger partial charge in [0.05, 0.1) is 0 Å². The summed E-state index contributed by atoms with van der Waals surface area (Å²) in [5.74, 6) is -0.342. The summed E-state index contributed by atoms with van der Waals surface area (Å²) in [6, 6.07) is 6.34. The minimum atomic E-state index is -0.342. The van der Waals surface area contributed by atoms with E-state index in [9.17, 15) is 9.18 Å². The van der Waals surface area contributed by atoms with Gasteiger partial charge in [0, 0.05) is 23.8 Å². The minimum absolute atomic E-state index is 0.191. The quantitative estimate of drug-likeness (QED) is 0.839. The standard InChI is InChI=1S/C12H11FN2OS/c1-2-15-8-7-14-11(12(15)16)17-10-6-4-3-5-9(10)13/h3-8H,2H2,1H3. The largest absolute Gasteiger partial charge is 0.312 e. The first-order chi connectivity index (χ1) is 8.22. The number of halogens is 1. The zero-order chi connectivity index (χ0) is 12.3. The van der Waals surface area contributed by atoms with E-state index in [2.05, 4.69) is 4.98 Å². The molecule has 0 unspecified atom stereocenters. The third-order valence-electron chi connectivity index (χ3n) is 2.27. The monoisotopic (exact) mass is 250 g/mol. The Labute approximate surface area is 102 Å². The molecule has 0 bridgehead atoms. The molecule has 2 rings (SSSR count). The van der Waals surface area contributed by atoms with Crippen LogP contribution in [0.5, 0.6) is 0 Å². The fraction of sp³-hybridized carbons (Fsp3) is 0.167. The molecular weight excluding hydrogens is 239 g/mol. The highest BCUT2D eigenvalue weighted by Crippen LogP contribution is 2.25. The lowest BCUT2D eigenvalue weighted by atomic mass is 10.3. The molecule has 0 amide bonds. The molecule has 0 saturated carbocycles. The van der Waals surface area contributed by atoms with Gasteiger partial charge in [-0.3, -0.25) is 4.79 Å². The summed E-state index contributed by atoms with van der Waals surface area (Å²) >= 11 is 1.05. The van der Waals surface area contributed by atoms with Gasteiger partial charge in [-0.15, -0.1) is 0 Å². The first-order valence-corrected chi connectivity index (χ1v) is 6.02. The second-order valence-corrected chi connectivity index (χ2v) is 4.39. The maximum atomic E-state index is 13.4. The number of hydrogen-bond acceptors (Lipinski definition) is 3. The summed E-state index contributed by atoms with van der Waals surface area (Å²) in [5, 5.41) is 0.291. The van der Waals surface area contributed by atoms with Gasteiger partial charge in [-0.25, -0.2) is 9.37 Å². The van der Waals surface area contributed by atoms with Crippen LogP contribution >= 0.6 is 11.8 Å². The van der Waals surface area contributed by atoms with E-state index in [0.29, 0.717) is 16.5 Å². The Morgan fingerprint density at radius 2 is 2.18 bits per heavy atom. The summed E-state index contributed by atoms with van der Waals surface area (Å²) in [5.41, 5.74) is -0.191. The van der Waals surface area contributed by atoms with Gasteiger partial charge < -0.3 is 4.57 Å². The average molecular weight is 250 g/mol. The number of aromatic nitrogens is 2. The number of benzene rings is 1. The molecule has 1 aromatic heterocycles. The molecule has 1 aromatic carbocycles. The van der Waals surface area contributed by atoms with E-state index >= 15 is 0 Å². The van der Waals surface area contributed by atoms with Crippen LogP contribution in [0.15, 0.2) is 51.4 Å². The zero-order valence-corrected chi connectivity index (χ0v) is 10.1. The molecule has 3 nitrogen and oxygen atoms in total. The molecule has 1 heterocycles. The molecule has 0 N–H and O–H groups in total. The lowest BCUT2D eigenvalue weighted by Gasteiger charge is -2.04. The Hall–Kier alpha value is -1.62. The van der Waals surface area contributed by atoms with Crippen molar-refractivity contribution in [2.45, 2.75) is 23.4 Å². The summed E-state index contributed by atoms with van der Waals surface area (Å²) in [4.78, 5) is 16.3. The van der Waals surface area contributed by atoms with Gasteiger partial charge >= 0.3 is 0 Å². The first kappa shape index (κ1) is 11.9. The van der Waals surface area contributed by atoms with Gasteiger partial charge in [0.2, 0.25) is 0 Å². The highest BCUT2D eigenvalue weighted by atomic mass is 32.2. The molecule has 0 saturated heterocycles. The molecule has 0 aliphatic heterocycles. The predicted octanol–water partition coefficient (Wildman–Crippen LogP) is 2.55. The summed E-state index contributed by atoms with van der Waals surface area (Å²) in [6.45, 7) is 2.45. The van der Waals surface area contributed by atoms with Crippen LogP contribution in [0.3, 0.4) is 0 Å². The van der Waals surface area contributed by atoms with E-state index in [4.69, 9.17) is 0 Å². The molecule has 0 fully saturated rings. The third-order valence-corrected chi connectivity index (χ3v) is 3.29. The predicted molar refractivity (Wildman–Crippen MR) is 64.7 cm³/mol. The minimum Gasteiger partial charge on any atom is -0.312 e. The van der Waals surface area contributed by atoms with Gasteiger partial charge in [0.1, 0.15) is 5.82 Å². The van der Waals surface area contributed by atoms with Crippen molar-refractivity contribution in [2.75, 3.05) is 0 Å². The van der Waals surface area contributed by atoms with Gasteiger partial charge in [0.25, 0.3) is 5.56 Å². The molecule has 0 aliphatic carbocycles. The van der Waals surface area contributed by atoms with Crippen LogP contribution < -0.4 is 5.56 Å². The van der Waals surface area contributed by atoms with Crippen molar-refractivity contribution < 1.29 is 4.39 Å². The van der Waals surface area contributed by atoms with Crippen LogP contribution in [0, 0.1) is 5.82 Å². The number of aryl methyl sites for hydroxylation is 1. The maximum Gasteiger partial charge on any atom is 0.283 e. The Morgan fingerprint density at radius 3 is 2.88 bits per heavy atom. The van der Waals surface area contributed by atoms with E-state index < -0.39 is 0 Å². The van der Waals surface area contributed by atoms with Crippen LogP contribution in [0.25, 0.3) is 0 Å². The highest BCUT2D eigenvalue weighted by Gasteiger charge is 2.08. The normalized spacial score (nSPS) is 10.5. The second-order valence-electron chi connectivity index (χ2n) is 3.36. The van der Waals surface area contributed by atoms with Crippen LogP contribution in [0.2, 0.25) is 0 Å². The van der Waals surface area contributed by atoms with Gasteiger partial charge in [-0.2, -0.15) is 0 Å². The van der Waals surface area contributed by atoms with Crippen LogP contribution in [-0.4, -0.2) is 9.55 Å². The molecule has 88 valence electrons. The maximum absolute atomic E-state index is 13.4. The molecule has 0 spiro atoms. The van der Waals surface area contributed by atoms with Crippen molar-refractivity contribution in [3.8, 4) is 0 Å². The number of nitrogens with zero attached hydrogens (tertiary/aromatic N) is 2. The zero-order valence-electron chi connectivity index (χ0n) is 9.26. The molecule has 0 aliphatic rings. The van der Waals surface area contributed by atoms with Gasteiger partial charge in [0.15, 0.2) is 5.03 Å². The fourth-order valence-electron chi connectivity index (χ4n) is 1.38. The first-order valence-electron chi connectivity index (χ1n) is 5.20. The smallest absolute Gasteiger partial charge is 0.283 e. The van der Waals surface area contributed by atoms with Crippen LogP contribution in [0.1, 0.15) is 6.92 Å². The topological polar surface area (TPSA) is 34.9 Å². The highest BCUT2D eigenvalue weighted by molar-refractivity contribution is 7.99. The van der Waals surface area contributed by atoms with E-state index in [0.717, 1.165) is 11.8 Å². The molecule has 2 aromatic rings.